The van der Waals surface area contributed by atoms with Crippen LogP contribution in [0, 0.1) is 5.82 Å². The van der Waals surface area contributed by atoms with E-state index in [1.54, 1.807) is 4.90 Å². The van der Waals surface area contributed by atoms with Crippen LogP contribution in [0.2, 0.25) is 0 Å². The molecule has 1 aliphatic rings. The van der Waals surface area contributed by atoms with E-state index in [2.05, 4.69) is 6.07 Å². The highest BCUT2D eigenvalue weighted by molar-refractivity contribution is 5.81. The lowest BCUT2D eigenvalue weighted by molar-refractivity contribution is -0.154. The Bertz CT molecular complexity index is 778. The van der Waals surface area contributed by atoms with Crippen LogP contribution >= 0.6 is 0 Å². The van der Waals surface area contributed by atoms with Crippen LogP contribution in [0.3, 0.4) is 0 Å². The summed E-state index contributed by atoms with van der Waals surface area (Å²) in [7, 11) is 0. The Morgan fingerprint density at radius 2 is 1.84 bits per heavy atom. The minimum atomic E-state index is -0.671. The van der Waals surface area contributed by atoms with Crippen molar-refractivity contribution in [3.63, 3.8) is 0 Å². The molecule has 0 saturated heterocycles. The Balaban J connectivity index is 1.44. The van der Waals surface area contributed by atoms with Crippen molar-refractivity contribution < 1.29 is 23.5 Å². The highest BCUT2D eigenvalue weighted by Gasteiger charge is 2.21. The van der Waals surface area contributed by atoms with Crippen LogP contribution in [0.5, 0.6) is 5.75 Å². The van der Waals surface area contributed by atoms with Crippen molar-refractivity contribution in [3.05, 3.63) is 65.5 Å². The maximum absolute atomic E-state index is 13.0. The van der Waals surface area contributed by atoms with Gasteiger partial charge >= 0.3 is 5.97 Å². The van der Waals surface area contributed by atoms with Crippen molar-refractivity contribution in [2.24, 2.45) is 0 Å². The van der Waals surface area contributed by atoms with Gasteiger partial charge in [0.15, 0.2) is 13.2 Å². The highest BCUT2D eigenvalue weighted by Crippen LogP contribution is 2.18. The number of fused-ring (bicyclic) bond motifs is 1. The van der Waals surface area contributed by atoms with E-state index in [1.807, 2.05) is 18.2 Å². The summed E-state index contributed by atoms with van der Waals surface area (Å²) in [5.74, 6) is -1.13. The third kappa shape index (κ3) is 4.56. The van der Waals surface area contributed by atoms with Gasteiger partial charge in [0.25, 0.3) is 5.91 Å². The second kappa shape index (κ2) is 7.79. The first kappa shape index (κ1) is 17.0. The smallest absolute Gasteiger partial charge is 0.344 e. The molecule has 3 rings (SSSR count). The largest absolute Gasteiger partial charge is 0.482 e. The zero-order chi connectivity index (χ0) is 17.6. The molecule has 2 aromatic carbocycles. The average Bonchev–Trinajstić information content (AvgIpc) is 2.64. The molecule has 0 N–H and O–H groups in total. The zero-order valence-corrected chi connectivity index (χ0v) is 13.6. The van der Waals surface area contributed by atoms with E-state index in [0.29, 0.717) is 13.1 Å². The molecule has 0 saturated carbocycles. The number of hydrogen-bond acceptors (Lipinski definition) is 4. The highest BCUT2D eigenvalue weighted by atomic mass is 19.1. The van der Waals surface area contributed by atoms with Crippen molar-refractivity contribution >= 4 is 11.9 Å². The predicted molar refractivity (Wildman–Crippen MR) is 88.4 cm³/mol. The number of benzene rings is 2. The first-order chi connectivity index (χ1) is 12.1. The van der Waals surface area contributed by atoms with Gasteiger partial charge in [-0.25, -0.2) is 9.18 Å². The van der Waals surface area contributed by atoms with Crippen LogP contribution in [0.15, 0.2) is 48.5 Å². The van der Waals surface area contributed by atoms with Crippen molar-refractivity contribution in [3.8, 4) is 5.75 Å². The summed E-state index contributed by atoms with van der Waals surface area (Å²) in [6, 6.07) is 13.4. The molecule has 0 radical (unpaired) electrons. The molecule has 5 nitrogen and oxygen atoms in total. The SMILES string of the molecule is O=C(COc1cccc(F)c1)OCC(=O)N1CCc2ccccc2C1. The van der Waals surface area contributed by atoms with E-state index in [9.17, 15) is 14.0 Å². The molecule has 25 heavy (non-hydrogen) atoms. The van der Waals surface area contributed by atoms with Gasteiger partial charge in [0.1, 0.15) is 11.6 Å². The number of carbonyl (C=O) groups is 2. The molecule has 1 aliphatic heterocycles. The number of ether oxygens (including phenoxy) is 2. The Hall–Kier alpha value is -2.89. The fraction of sp³-hybridized carbons (Fsp3) is 0.263. The van der Waals surface area contributed by atoms with Crippen LogP contribution in [0.1, 0.15) is 11.1 Å². The zero-order valence-electron chi connectivity index (χ0n) is 13.6. The van der Waals surface area contributed by atoms with Gasteiger partial charge in [0.2, 0.25) is 0 Å². The lowest BCUT2D eigenvalue weighted by atomic mass is 10.00. The van der Waals surface area contributed by atoms with Crippen molar-refractivity contribution in [1.29, 1.82) is 0 Å². The standard InChI is InChI=1S/C19H18FNO4/c20-16-6-3-7-17(10-16)24-13-19(23)25-12-18(22)21-9-8-14-4-1-2-5-15(14)11-21/h1-7,10H,8-9,11-13H2. The second-order valence-electron chi connectivity index (χ2n) is 5.74. The second-order valence-corrected chi connectivity index (χ2v) is 5.74. The lowest BCUT2D eigenvalue weighted by Crippen LogP contribution is -2.38. The summed E-state index contributed by atoms with van der Waals surface area (Å²) in [6.07, 6.45) is 0.790. The van der Waals surface area contributed by atoms with E-state index in [1.165, 1.54) is 29.8 Å². The number of esters is 1. The number of carbonyl (C=O) groups excluding carboxylic acids is 2. The number of hydrogen-bond donors (Lipinski definition) is 0. The van der Waals surface area contributed by atoms with Gasteiger partial charge in [-0.2, -0.15) is 0 Å². The van der Waals surface area contributed by atoms with Crippen molar-refractivity contribution in [2.45, 2.75) is 13.0 Å². The predicted octanol–water partition coefficient (Wildman–Crippen LogP) is 2.33. The van der Waals surface area contributed by atoms with Gasteiger partial charge in [-0.3, -0.25) is 4.79 Å². The molecule has 0 aromatic heterocycles. The molecule has 0 spiro atoms. The summed E-state index contributed by atoms with van der Waals surface area (Å²) in [5, 5.41) is 0. The molecule has 1 heterocycles. The van der Waals surface area contributed by atoms with Crippen molar-refractivity contribution in [2.75, 3.05) is 19.8 Å². The van der Waals surface area contributed by atoms with E-state index in [0.717, 1.165) is 12.0 Å². The van der Waals surface area contributed by atoms with E-state index in [-0.39, 0.29) is 24.9 Å². The molecule has 1 amide bonds. The normalized spacial score (nSPS) is 13.1. The maximum atomic E-state index is 13.0. The van der Waals surface area contributed by atoms with Gasteiger partial charge in [-0.05, 0) is 29.7 Å². The first-order valence-electron chi connectivity index (χ1n) is 8.00. The number of amides is 1. The van der Waals surface area contributed by atoms with Gasteiger partial charge in [-0.15, -0.1) is 0 Å². The topological polar surface area (TPSA) is 55.8 Å². The molecule has 0 atom stereocenters. The molecule has 0 fully saturated rings. The molecular formula is C19H18FNO4. The van der Waals surface area contributed by atoms with Gasteiger partial charge < -0.3 is 14.4 Å². The van der Waals surface area contributed by atoms with E-state index < -0.39 is 11.8 Å². The molecule has 2 aromatic rings. The number of halogens is 1. The summed E-state index contributed by atoms with van der Waals surface area (Å²) in [4.78, 5) is 25.5. The fourth-order valence-electron chi connectivity index (χ4n) is 2.68. The molecule has 130 valence electrons. The van der Waals surface area contributed by atoms with Crippen molar-refractivity contribution in [1.82, 2.24) is 4.90 Å². The fourth-order valence-corrected chi connectivity index (χ4v) is 2.68. The molecule has 0 aliphatic carbocycles. The van der Waals surface area contributed by atoms with Gasteiger partial charge in [0, 0.05) is 19.2 Å². The van der Waals surface area contributed by atoms with Crippen LogP contribution in [-0.4, -0.2) is 36.5 Å². The minimum Gasteiger partial charge on any atom is -0.482 e. The molecule has 6 heteroatoms. The maximum Gasteiger partial charge on any atom is 0.344 e. The monoisotopic (exact) mass is 343 g/mol. The summed E-state index contributed by atoms with van der Waals surface area (Å²) in [5.41, 5.74) is 2.36. The van der Waals surface area contributed by atoms with Crippen LogP contribution in [0.25, 0.3) is 0 Å². The summed E-state index contributed by atoms with van der Waals surface area (Å²) < 4.78 is 23.1. The Morgan fingerprint density at radius 1 is 1.04 bits per heavy atom. The average molecular weight is 343 g/mol. The third-order valence-electron chi connectivity index (χ3n) is 3.99. The Morgan fingerprint density at radius 3 is 2.64 bits per heavy atom. The van der Waals surface area contributed by atoms with E-state index in [4.69, 9.17) is 9.47 Å². The lowest BCUT2D eigenvalue weighted by Gasteiger charge is -2.28. The van der Waals surface area contributed by atoms with Gasteiger partial charge in [-0.1, -0.05) is 30.3 Å². The summed E-state index contributed by atoms with van der Waals surface area (Å²) >= 11 is 0. The van der Waals surface area contributed by atoms with Crippen LogP contribution < -0.4 is 4.74 Å². The van der Waals surface area contributed by atoms with Gasteiger partial charge in [0.05, 0.1) is 0 Å². The quantitative estimate of drug-likeness (QED) is 0.782. The van der Waals surface area contributed by atoms with Crippen LogP contribution in [0.4, 0.5) is 4.39 Å². The number of rotatable bonds is 5. The summed E-state index contributed by atoms with van der Waals surface area (Å²) in [6.45, 7) is 0.423. The number of nitrogens with zero attached hydrogens (tertiary/aromatic N) is 1. The Labute approximate surface area is 145 Å². The minimum absolute atomic E-state index is 0.232. The van der Waals surface area contributed by atoms with E-state index >= 15 is 0 Å². The molecular weight excluding hydrogens is 325 g/mol. The van der Waals surface area contributed by atoms with Crippen LogP contribution in [-0.2, 0) is 27.3 Å². The third-order valence-corrected chi connectivity index (χ3v) is 3.99. The molecule has 0 bridgehead atoms. The molecule has 0 unspecified atom stereocenters. The Kier molecular flexibility index (Phi) is 5.28. The first-order valence-corrected chi connectivity index (χ1v) is 8.00.